The van der Waals surface area contributed by atoms with Gasteiger partial charge in [0.05, 0.1) is 25.6 Å². The molecule has 11 heavy (non-hydrogen) atoms. The third kappa shape index (κ3) is 5.45. The van der Waals surface area contributed by atoms with E-state index in [1.807, 2.05) is 13.8 Å². The summed E-state index contributed by atoms with van der Waals surface area (Å²) in [6.07, 6.45) is 3.35. The summed E-state index contributed by atoms with van der Waals surface area (Å²) in [6.45, 7) is 3.80. The lowest BCUT2D eigenvalue weighted by Crippen LogP contribution is -2.11. The second-order valence-corrected chi connectivity index (χ2v) is 2.19. The highest BCUT2D eigenvalue weighted by molar-refractivity contribution is 5.81. The fraction of sp³-hybridized carbons (Fsp3) is 0.625. The molecule has 0 bridgehead atoms. The van der Waals surface area contributed by atoms with E-state index in [1.54, 1.807) is 0 Å². The fourth-order valence-corrected chi connectivity index (χ4v) is 0.445. The van der Waals surface area contributed by atoms with Crippen molar-refractivity contribution in [1.29, 1.82) is 0 Å². The lowest BCUT2D eigenvalue weighted by molar-refractivity contribution is -0.142. The van der Waals surface area contributed by atoms with Crippen LogP contribution in [0.25, 0.3) is 0 Å². The Morgan fingerprint density at radius 3 is 2.73 bits per heavy atom. The van der Waals surface area contributed by atoms with Crippen LogP contribution in [0.3, 0.4) is 0 Å². The number of esters is 1. The molecule has 64 valence electrons. The van der Waals surface area contributed by atoms with Gasteiger partial charge in [0.1, 0.15) is 0 Å². The Morgan fingerprint density at radius 1 is 1.64 bits per heavy atom. The number of carbonyl (C=O) groups excluding carboxylic acids is 1. The van der Waals surface area contributed by atoms with Gasteiger partial charge < -0.3 is 9.47 Å². The van der Waals surface area contributed by atoms with Gasteiger partial charge in [-0.3, -0.25) is 0 Å². The van der Waals surface area contributed by atoms with E-state index >= 15 is 0 Å². The van der Waals surface area contributed by atoms with Crippen molar-refractivity contribution in [2.45, 2.75) is 26.4 Å². The van der Waals surface area contributed by atoms with Gasteiger partial charge in [0.25, 0.3) is 0 Å². The lowest BCUT2D eigenvalue weighted by atomic mass is 10.3. The summed E-state index contributed by atoms with van der Waals surface area (Å²) in [5.41, 5.74) is 0. The van der Waals surface area contributed by atoms with Gasteiger partial charge >= 0.3 is 5.97 Å². The van der Waals surface area contributed by atoms with Gasteiger partial charge in [-0.05, 0) is 13.3 Å². The van der Waals surface area contributed by atoms with Crippen LogP contribution in [-0.2, 0) is 14.3 Å². The normalized spacial score (nSPS) is 13.0. The predicted molar refractivity (Wildman–Crippen MR) is 42.0 cm³/mol. The quantitative estimate of drug-likeness (QED) is 0.353. The highest BCUT2D eigenvalue weighted by atomic mass is 16.5. The van der Waals surface area contributed by atoms with Gasteiger partial charge in [-0.2, -0.15) is 0 Å². The molecule has 0 saturated carbocycles. The Hall–Kier alpha value is -0.990. The molecule has 0 amide bonds. The van der Waals surface area contributed by atoms with E-state index in [1.165, 1.54) is 19.4 Å². The van der Waals surface area contributed by atoms with Crippen LogP contribution in [0.4, 0.5) is 0 Å². The number of ether oxygens (including phenoxy) is 2. The first-order valence-corrected chi connectivity index (χ1v) is 3.60. The molecule has 0 heterocycles. The number of hydrogen-bond acceptors (Lipinski definition) is 3. The van der Waals surface area contributed by atoms with Crippen LogP contribution in [-0.4, -0.2) is 19.2 Å². The summed E-state index contributed by atoms with van der Waals surface area (Å²) >= 11 is 0. The van der Waals surface area contributed by atoms with Crippen LogP contribution in [0.2, 0.25) is 0 Å². The maximum absolute atomic E-state index is 10.8. The minimum Gasteiger partial charge on any atom is -0.504 e. The standard InChI is InChI=1S/C8H14O3/c1-4-7(2)11-8(9)5-6-10-3/h5-7H,4H2,1-3H3/b6-5+. The SMILES string of the molecule is CCC(C)OC(=O)/C=C/OC. The number of methoxy groups -OCH3 is 1. The summed E-state index contributed by atoms with van der Waals surface area (Å²) < 4.78 is 9.44. The van der Waals surface area contributed by atoms with Crippen molar-refractivity contribution < 1.29 is 14.3 Å². The van der Waals surface area contributed by atoms with Crippen LogP contribution < -0.4 is 0 Å². The molecule has 0 aromatic rings. The number of carbonyl (C=O) groups is 1. The van der Waals surface area contributed by atoms with Gasteiger partial charge in [-0.1, -0.05) is 6.92 Å². The zero-order valence-corrected chi connectivity index (χ0v) is 7.16. The summed E-state index contributed by atoms with van der Waals surface area (Å²) in [6, 6.07) is 0. The highest BCUT2D eigenvalue weighted by Gasteiger charge is 2.02. The average Bonchev–Trinajstić information content (AvgIpc) is 2.00. The third-order valence-corrected chi connectivity index (χ3v) is 1.23. The molecule has 0 aliphatic carbocycles. The molecule has 1 unspecified atom stereocenters. The van der Waals surface area contributed by atoms with E-state index in [9.17, 15) is 4.79 Å². The van der Waals surface area contributed by atoms with Gasteiger partial charge in [-0.15, -0.1) is 0 Å². The van der Waals surface area contributed by atoms with Crippen LogP contribution >= 0.6 is 0 Å². The zero-order valence-electron chi connectivity index (χ0n) is 7.16. The Bertz CT molecular complexity index is 140. The lowest BCUT2D eigenvalue weighted by Gasteiger charge is -2.07. The summed E-state index contributed by atoms with van der Waals surface area (Å²) in [7, 11) is 1.48. The average molecular weight is 158 g/mol. The first kappa shape index (κ1) is 10.0. The van der Waals surface area contributed by atoms with Crippen molar-refractivity contribution in [2.24, 2.45) is 0 Å². The van der Waals surface area contributed by atoms with E-state index in [2.05, 4.69) is 4.74 Å². The Balaban J connectivity index is 3.60. The monoisotopic (exact) mass is 158 g/mol. The van der Waals surface area contributed by atoms with Crippen molar-refractivity contribution in [3.63, 3.8) is 0 Å². The fourth-order valence-electron chi connectivity index (χ4n) is 0.445. The van der Waals surface area contributed by atoms with Crippen molar-refractivity contribution in [3.05, 3.63) is 12.3 Å². The third-order valence-electron chi connectivity index (χ3n) is 1.23. The molecule has 0 aromatic heterocycles. The smallest absolute Gasteiger partial charge is 0.334 e. The van der Waals surface area contributed by atoms with Gasteiger partial charge in [0.15, 0.2) is 0 Å². The van der Waals surface area contributed by atoms with E-state index in [4.69, 9.17) is 4.74 Å². The van der Waals surface area contributed by atoms with Crippen molar-refractivity contribution in [1.82, 2.24) is 0 Å². The Morgan fingerprint density at radius 2 is 2.27 bits per heavy atom. The van der Waals surface area contributed by atoms with Gasteiger partial charge in [-0.25, -0.2) is 4.79 Å². The number of hydrogen-bond donors (Lipinski definition) is 0. The van der Waals surface area contributed by atoms with Gasteiger partial charge in [0.2, 0.25) is 0 Å². The summed E-state index contributed by atoms with van der Waals surface area (Å²) in [5, 5.41) is 0. The molecule has 0 aromatic carbocycles. The molecule has 0 aliphatic rings. The molecule has 0 aliphatic heterocycles. The highest BCUT2D eigenvalue weighted by Crippen LogP contribution is 1.96. The molecule has 3 heteroatoms. The second-order valence-electron chi connectivity index (χ2n) is 2.19. The maximum Gasteiger partial charge on any atom is 0.334 e. The minimum atomic E-state index is -0.360. The van der Waals surface area contributed by atoms with E-state index in [0.717, 1.165) is 6.42 Å². The summed E-state index contributed by atoms with van der Waals surface area (Å²) in [5.74, 6) is -0.360. The van der Waals surface area contributed by atoms with E-state index < -0.39 is 0 Å². The molecule has 0 spiro atoms. The Labute approximate surface area is 67.0 Å². The predicted octanol–water partition coefficient (Wildman–Crippen LogP) is 1.49. The molecule has 0 saturated heterocycles. The minimum absolute atomic E-state index is 0.0241. The van der Waals surface area contributed by atoms with E-state index in [-0.39, 0.29) is 12.1 Å². The van der Waals surface area contributed by atoms with Gasteiger partial charge in [0, 0.05) is 0 Å². The van der Waals surface area contributed by atoms with Crippen LogP contribution in [0.15, 0.2) is 12.3 Å². The molecular formula is C8H14O3. The molecule has 1 atom stereocenters. The van der Waals surface area contributed by atoms with Crippen LogP contribution in [0.1, 0.15) is 20.3 Å². The topological polar surface area (TPSA) is 35.5 Å². The van der Waals surface area contributed by atoms with Crippen molar-refractivity contribution >= 4 is 5.97 Å². The first-order valence-electron chi connectivity index (χ1n) is 3.60. The molecule has 0 N–H and O–H groups in total. The first-order chi connectivity index (χ1) is 5.20. The van der Waals surface area contributed by atoms with Crippen molar-refractivity contribution in [2.75, 3.05) is 7.11 Å². The molecule has 0 radical (unpaired) electrons. The van der Waals surface area contributed by atoms with Crippen LogP contribution in [0, 0.1) is 0 Å². The summed E-state index contributed by atoms with van der Waals surface area (Å²) in [4.78, 5) is 10.8. The zero-order chi connectivity index (χ0) is 8.69. The molecule has 3 nitrogen and oxygen atoms in total. The second kappa shape index (κ2) is 5.77. The van der Waals surface area contributed by atoms with E-state index in [0.29, 0.717) is 0 Å². The molecule has 0 fully saturated rings. The largest absolute Gasteiger partial charge is 0.504 e. The molecular weight excluding hydrogens is 144 g/mol. The molecule has 0 rings (SSSR count). The Kier molecular flexibility index (Phi) is 5.25. The van der Waals surface area contributed by atoms with Crippen molar-refractivity contribution in [3.8, 4) is 0 Å². The van der Waals surface area contributed by atoms with Crippen LogP contribution in [0.5, 0.6) is 0 Å². The number of rotatable bonds is 4. The maximum atomic E-state index is 10.8.